The standard InChI is InChI=1S/C26H22Cl2N2O3/c1-17-6-5-8-22(12-17)32-10-11-33-25-19(14-21(27)15-23(25)28)13-20(16-29)26(31)30-24-9-4-3-7-18(24)2/h3-9,12-15H,10-11H2,1-2H3,(H,30,31)/b20-13+. The zero-order chi connectivity index (χ0) is 23.8. The highest BCUT2D eigenvalue weighted by atomic mass is 35.5. The zero-order valence-electron chi connectivity index (χ0n) is 18.2. The molecule has 0 fully saturated rings. The van der Waals surface area contributed by atoms with Gasteiger partial charge in [-0.2, -0.15) is 5.26 Å². The van der Waals surface area contributed by atoms with Gasteiger partial charge in [-0.15, -0.1) is 0 Å². The summed E-state index contributed by atoms with van der Waals surface area (Å²) >= 11 is 12.5. The van der Waals surface area contributed by atoms with Crippen LogP contribution in [0, 0.1) is 25.2 Å². The van der Waals surface area contributed by atoms with Crippen LogP contribution in [0.4, 0.5) is 5.69 Å². The molecule has 7 heteroatoms. The van der Waals surface area contributed by atoms with Crippen LogP contribution in [-0.2, 0) is 4.79 Å². The Hall–Kier alpha value is -3.46. The van der Waals surface area contributed by atoms with Crippen LogP contribution in [0.5, 0.6) is 11.5 Å². The van der Waals surface area contributed by atoms with Crippen molar-refractivity contribution >= 4 is 40.9 Å². The summed E-state index contributed by atoms with van der Waals surface area (Å²) in [6, 6.07) is 20.0. The lowest BCUT2D eigenvalue weighted by Gasteiger charge is -2.13. The number of carbonyl (C=O) groups excluding carboxylic acids is 1. The van der Waals surface area contributed by atoms with Crippen LogP contribution in [0.1, 0.15) is 16.7 Å². The molecule has 0 aliphatic heterocycles. The van der Waals surface area contributed by atoms with E-state index >= 15 is 0 Å². The monoisotopic (exact) mass is 480 g/mol. The van der Waals surface area contributed by atoms with Crippen LogP contribution < -0.4 is 14.8 Å². The van der Waals surface area contributed by atoms with Crippen molar-refractivity contribution in [2.24, 2.45) is 0 Å². The van der Waals surface area contributed by atoms with E-state index in [4.69, 9.17) is 32.7 Å². The highest BCUT2D eigenvalue weighted by Gasteiger charge is 2.15. The number of para-hydroxylation sites is 1. The number of hydrogen-bond acceptors (Lipinski definition) is 4. The van der Waals surface area contributed by atoms with Crippen LogP contribution in [-0.4, -0.2) is 19.1 Å². The number of benzene rings is 3. The van der Waals surface area contributed by atoms with Gasteiger partial charge in [0.15, 0.2) is 0 Å². The second kappa shape index (κ2) is 11.4. The smallest absolute Gasteiger partial charge is 0.266 e. The molecule has 1 amide bonds. The fourth-order valence-electron chi connectivity index (χ4n) is 3.06. The predicted octanol–water partition coefficient (Wildman–Crippen LogP) is 6.61. The minimum atomic E-state index is -0.545. The zero-order valence-corrected chi connectivity index (χ0v) is 19.7. The Bertz CT molecular complexity index is 1230. The number of anilines is 1. The van der Waals surface area contributed by atoms with Crippen molar-refractivity contribution in [2.45, 2.75) is 13.8 Å². The Balaban J connectivity index is 1.77. The molecule has 33 heavy (non-hydrogen) atoms. The third-order valence-electron chi connectivity index (χ3n) is 4.68. The van der Waals surface area contributed by atoms with Gasteiger partial charge >= 0.3 is 0 Å². The van der Waals surface area contributed by atoms with E-state index in [1.54, 1.807) is 18.2 Å². The van der Waals surface area contributed by atoms with Crippen molar-refractivity contribution < 1.29 is 14.3 Å². The number of aryl methyl sites for hydroxylation is 2. The number of nitrogens with one attached hydrogen (secondary N) is 1. The number of ether oxygens (including phenoxy) is 2. The first-order valence-electron chi connectivity index (χ1n) is 10.2. The summed E-state index contributed by atoms with van der Waals surface area (Å²) in [6.07, 6.45) is 1.40. The summed E-state index contributed by atoms with van der Waals surface area (Å²) in [6.45, 7) is 4.34. The molecule has 3 rings (SSSR count). The van der Waals surface area contributed by atoms with E-state index in [0.717, 1.165) is 16.9 Å². The van der Waals surface area contributed by atoms with Crippen LogP contribution in [0.15, 0.2) is 66.2 Å². The lowest BCUT2D eigenvalue weighted by Crippen LogP contribution is -2.14. The van der Waals surface area contributed by atoms with Crippen molar-refractivity contribution in [1.29, 1.82) is 5.26 Å². The van der Waals surface area contributed by atoms with Crippen LogP contribution in [0.3, 0.4) is 0 Å². The maximum Gasteiger partial charge on any atom is 0.266 e. The fourth-order valence-corrected chi connectivity index (χ4v) is 3.62. The SMILES string of the molecule is Cc1cccc(OCCOc2c(Cl)cc(Cl)cc2/C=C(\C#N)C(=O)Nc2ccccc2C)c1. The van der Waals surface area contributed by atoms with Gasteiger partial charge in [0.1, 0.15) is 36.4 Å². The molecule has 0 aliphatic rings. The van der Waals surface area contributed by atoms with Gasteiger partial charge in [0, 0.05) is 16.3 Å². The number of nitrogens with zero attached hydrogens (tertiary/aromatic N) is 1. The highest BCUT2D eigenvalue weighted by molar-refractivity contribution is 6.36. The van der Waals surface area contributed by atoms with Crippen LogP contribution in [0.2, 0.25) is 10.0 Å². The van der Waals surface area contributed by atoms with Gasteiger partial charge in [-0.05, 0) is 61.4 Å². The van der Waals surface area contributed by atoms with Gasteiger partial charge in [-0.1, -0.05) is 53.5 Å². The summed E-state index contributed by atoms with van der Waals surface area (Å²) < 4.78 is 11.5. The molecule has 0 spiro atoms. The van der Waals surface area contributed by atoms with Gasteiger partial charge in [0.05, 0.1) is 5.02 Å². The topological polar surface area (TPSA) is 71.3 Å². The fraction of sp³-hybridized carbons (Fsp3) is 0.154. The van der Waals surface area contributed by atoms with Gasteiger partial charge in [0.25, 0.3) is 5.91 Å². The Kier molecular flexibility index (Phi) is 8.37. The molecular formula is C26H22Cl2N2O3. The van der Waals surface area contributed by atoms with Gasteiger partial charge < -0.3 is 14.8 Å². The first-order valence-corrected chi connectivity index (χ1v) is 10.9. The van der Waals surface area contributed by atoms with Crippen molar-refractivity contribution in [1.82, 2.24) is 0 Å². The van der Waals surface area contributed by atoms with Gasteiger partial charge in [-0.25, -0.2) is 0 Å². The normalized spacial score (nSPS) is 10.9. The maximum atomic E-state index is 12.7. The van der Waals surface area contributed by atoms with Crippen molar-refractivity contribution in [2.75, 3.05) is 18.5 Å². The first kappa shape index (κ1) is 24.2. The Labute approximate surface area is 203 Å². The Morgan fingerprint density at radius 3 is 2.52 bits per heavy atom. The van der Waals surface area contributed by atoms with Gasteiger partial charge in [0.2, 0.25) is 0 Å². The average Bonchev–Trinajstić information content (AvgIpc) is 2.77. The van der Waals surface area contributed by atoms with Crippen molar-refractivity contribution in [3.8, 4) is 17.6 Å². The molecule has 168 valence electrons. The number of amides is 1. The van der Waals surface area contributed by atoms with E-state index in [1.165, 1.54) is 12.1 Å². The Morgan fingerprint density at radius 1 is 1.03 bits per heavy atom. The molecule has 1 N–H and O–H groups in total. The summed E-state index contributed by atoms with van der Waals surface area (Å²) in [7, 11) is 0. The van der Waals surface area contributed by atoms with E-state index in [0.29, 0.717) is 22.0 Å². The third-order valence-corrected chi connectivity index (χ3v) is 5.18. The lowest BCUT2D eigenvalue weighted by molar-refractivity contribution is -0.112. The molecular weight excluding hydrogens is 459 g/mol. The number of hydrogen-bond donors (Lipinski definition) is 1. The summed E-state index contributed by atoms with van der Waals surface area (Å²) in [5.74, 6) is 0.502. The highest BCUT2D eigenvalue weighted by Crippen LogP contribution is 2.34. The van der Waals surface area contributed by atoms with E-state index < -0.39 is 5.91 Å². The minimum Gasteiger partial charge on any atom is -0.490 e. The molecule has 3 aromatic rings. The van der Waals surface area contributed by atoms with E-state index in [2.05, 4.69) is 5.32 Å². The predicted molar refractivity (Wildman–Crippen MR) is 132 cm³/mol. The van der Waals surface area contributed by atoms with Crippen LogP contribution >= 0.6 is 23.2 Å². The lowest BCUT2D eigenvalue weighted by atomic mass is 10.1. The van der Waals surface area contributed by atoms with Crippen LogP contribution in [0.25, 0.3) is 6.08 Å². The third kappa shape index (κ3) is 6.76. The second-order valence-corrected chi connectivity index (χ2v) is 8.10. The second-order valence-electron chi connectivity index (χ2n) is 7.26. The molecule has 0 saturated heterocycles. The Morgan fingerprint density at radius 2 is 1.79 bits per heavy atom. The molecule has 5 nitrogen and oxygen atoms in total. The van der Waals surface area contributed by atoms with Gasteiger partial charge in [-0.3, -0.25) is 4.79 Å². The molecule has 0 aromatic heterocycles. The van der Waals surface area contributed by atoms with E-state index in [-0.39, 0.29) is 23.8 Å². The molecule has 3 aromatic carbocycles. The molecule has 0 saturated carbocycles. The van der Waals surface area contributed by atoms with E-state index in [1.807, 2.05) is 56.3 Å². The summed E-state index contributed by atoms with van der Waals surface area (Å²) in [5.41, 5.74) is 2.90. The average molecular weight is 481 g/mol. The summed E-state index contributed by atoms with van der Waals surface area (Å²) in [5, 5.41) is 13.0. The van der Waals surface area contributed by atoms with E-state index in [9.17, 15) is 10.1 Å². The number of nitriles is 1. The minimum absolute atomic E-state index is 0.113. The van der Waals surface area contributed by atoms with Crippen molar-refractivity contribution in [3.63, 3.8) is 0 Å². The number of rotatable bonds is 8. The first-order chi connectivity index (χ1) is 15.9. The van der Waals surface area contributed by atoms with Crippen molar-refractivity contribution in [3.05, 3.63) is 93.0 Å². The number of carbonyl (C=O) groups is 1. The molecule has 0 bridgehead atoms. The summed E-state index contributed by atoms with van der Waals surface area (Å²) in [4.78, 5) is 12.7. The molecule has 0 heterocycles. The largest absolute Gasteiger partial charge is 0.490 e. The molecule has 0 aliphatic carbocycles. The molecule has 0 atom stereocenters. The quantitative estimate of drug-likeness (QED) is 0.223. The maximum absolute atomic E-state index is 12.7. The number of halogens is 2. The molecule has 0 radical (unpaired) electrons. The molecule has 0 unspecified atom stereocenters.